The van der Waals surface area contributed by atoms with Crippen molar-refractivity contribution in [3.05, 3.63) is 22.7 Å². The van der Waals surface area contributed by atoms with Gasteiger partial charge in [0, 0.05) is 11.9 Å². The molecule has 102 valence electrons. The number of thiophene rings is 1. The zero-order valence-corrected chi connectivity index (χ0v) is 11.7. The van der Waals surface area contributed by atoms with Crippen LogP contribution in [0, 0.1) is 0 Å². The van der Waals surface area contributed by atoms with E-state index in [1.807, 2.05) is 23.8 Å². The molecule has 1 saturated heterocycles. The van der Waals surface area contributed by atoms with E-state index in [1.54, 1.807) is 11.3 Å². The molecule has 0 saturated carbocycles. The molecule has 1 unspecified atom stereocenters. The molecule has 3 heterocycles. The van der Waals surface area contributed by atoms with E-state index in [-0.39, 0.29) is 0 Å². The van der Waals surface area contributed by atoms with Crippen molar-refractivity contribution in [2.24, 2.45) is 0 Å². The maximum atomic E-state index is 10.1. The number of β-amino-alcohol motifs (C(OH)–C–C–N with tert-alkyl or cyclic N) is 1. The zero-order valence-electron chi connectivity index (χ0n) is 10.9. The number of aromatic nitrogens is 2. The van der Waals surface area contributed by atoms with Crippen LogP contribution in [-0.2, 0) is 6.54 Å². The largest absolute Gasteiger partial charge is 0.389 e. The van der Waals surface area contributed by atoms with Crippen LogP contribution in [-0.4, -0.2) is 38.8 Å². The number of aliphatic hydroxyl groups is 1. The van der Waals surface area contributed by atoms with Gasteiger partial charge in [0.05, 0.1) is 17.7 Å². The summed E-state index contributed by atoms with van der Waals surface area (Å²) in [6.07, 6.45) is 1.86. The molecule has 2 aromatic heterocycles. The van der Waals surface area contributed by atoms with Gasteiger partial charge in [0.15, 0.2) is 5.82 Å². The van der Waals surface area contributed by atoms with Crippen LogP contribution < -0.4 is 0 Å². The fourth-order valence-corrected chi connectivity index (χ4v) is 3.11. The molecule has 1 aliphatic heterocycles. The summed E-state index contributed by atoms with van der Waals surface area (Å²) >= 11 is 1.61. The van der Waals surface area contributed by atoms with Crippen molar-refractivity contribution < 1.29 is 9.63 Å². The summed E-state index contributed by atoms with van der Waals surface area (Å²) in [5, 5.41) is 18.1. The number of likely N-dealkylation sites (tertiary alicyclic amines) is 1. The number of rotatable bonds is 3. The molecule has 0 spiro atoms. The van der Waals surface area contributed by atoms with Gasteiger partial charge < -0.3 is 9.63 Å². The molecule has 3 rings (SSSR count). The van der Waals surface area contributed by atoms with E-state index in [2.05, 4.69) is 15.0 Å². The normalized spacial score (nSPS) is 24.7. The second-order valence-electron chi connectivity index (χ2n) is 5.34. The monoisotopic (exact) mass is 279 g/mol. The van der Waals surface area contributed by atoms with E-state index in [4.69, 9.17) is 4.52 Å². The molecule has 1 atom stereocenters. The molecule has 1 fully saturated rings. The van der Waals surface area contributed by atoms with E-state index in [9.17, 15) is 5.11 Å². The fourth-order valence-electron chi connectivity index (χ4n) is 2.48. The average Bonchev–Trinajstić information content (AvgIpc) is 2.96. The summed E-state index contributed by atoms with van der Waals surface area (Å²) in [6, 6.07) is 1.97. The van der Waals surface area contributed by atoms with E-state index < -0.39 is 5.60 Å². The number of hydrogen-bond acceptors (Lipinski definition) is 6. The highest BCUT2D eigenvalue weighted by Gasteiger charge is 2.29. The molecule has 0 bridgehead atoms. The predicted molar refractivity (Wildman–Crippen MR) is 72.7 cm³/mol. The lowest BCUT2D eigenvalue weighted by Gasteiger charge is -2.36. The van der Waals surface area contributed by atoms with Gasteiger partial charge in [-0.2, -0.15) is 16.3 Å². The molecule has 0 aliphatic carbocycles. The van der Waals surface area contributed by atoms with E-state index in [1.165, 1.54) is 0 Å². The molecule has 5 nitrogen and oxygen atoms in total. The Morgan fingerprint density at radius 2 is 2.47 bits per heavy atom. The minimum atomic E-state index is -0.599. The van der Waals surface area contributed by atoms with Crippen LogP contribution >= 0.6 is 11.3 Å². The number of hydrogen-bond donors (Lipinski definition) is 1. The topological polar surface area (TPSA) is 62.4 Å². The Hall–Kier alpha value is -1.24. The Morgan fingerprint density at radius 1 is 1.58 bits per heavy atom. The first-order chi connectivity index (χ1) is 9.12. The van der Waals surface area contributed by atoms with E-state index in [0.29, 0.717) is 24.8 Å². The molecular formula is C13H17N3O2S. The van der Waals surface area contributed by atoms with E-state index in [0.717, 1.165) is 24.9 Å². The van der Waals surface area contributed by atoms with Gasteiger partial charge in [-0.1, -0.05) is 5.16 Å². The van der Waals surface area contributed by atoms with Crippen molar-refractivity contribution in [3.63, 3.8) is 0 Å². The SMILES string of the molecule is CC1(O)CCCN(Cc2noc(-c3ccsc3)n2)C1. The Morgan fingerprint density at radius 3 is 3.21 bits per heavy atom. The lowest BCUT2D eigenvalue weighted by molar-refractivity contribution is -0.0190. The number of piperidine rings is 1. The third kappa shape index (κ3) is 3.02. The molecule has 19 heavy (non-hydrogen) atoms. The highest BCUT2D eigenvalue weighted by Crippen LogP contribution is 2.23. The maximum Gasteiger partial charge on any atom is 0.258 e. The van der Waals surface area contributed by atoms with Crippen molar-refractivity contribution in [3.8, 4) is 11.5 Å². The van der Waals surface area contributed by atoms with Gasteiger partial charge >= 0.3 is 0 Å². The van der Waals surface area contributed by atoms with Crippen LogP contribution in [0.15, 0.2) is 21.3 Å². The van der Waals surface area contributed by atoms with Crippen LogP contribution in [0.3, 0.4) is 0 Å². The van der Waals surface area contributed by atoms with Crippen LogP contribution in [0.4, 0.5) is 0 Å². The molecule has 0 aromatic carbocycles. The van der Waals surface area contributed by atoms with Crippen LogP contribution in [0.5, 0.6) is 0 Å². The first-order valence-electron chi connectivity index (χ1n) is 6.42. The lowest BCUT2D eigenvalue weighted by Crippen LogP contribution is -2.45. The lowest BCUT2D eigenvalue weighted by atomic mass is 9.95. The summed E-state index contributed by atoms with van der Waals surface area (Å²) in [7, 11) is 0. The van der Waals surface area contributed by atoms with Crippen molar-refractivity contribution in [1.82, 2.24) is 15.0 Å². The first kappa shape index (κ1) is 12.8. The van der Waals surface area contributed by atoms with Gasteiger partial charge in [-0.05, 0) is 37.8 Å². The molecular weight excluding hydrogens is 262 g/mol. The van der Waals surface area contributed by atoms with Crippen LogP contribution in [0.1, 0.15) is 25.6 Å². The number of nitrogens with zero attached hydrogens (tertiary/aromatic N) is 3. The molecule has 0 radical (unpaired) electrons. The molecule has 0 amide bonds. The predicted octanol–water partition coefficient (Wildman–Crippen LogP) is 2.14. The minimum Gasteiger partial charge on any atom is -0.389 e. The second kappa shape index (κ2) is 5.03. The average molecular weight is 279 g/mol. The van der Waals surface area contributed by atoms with Gasteiger partial charge in [-0.15, -0.1) is 0 Å². The van der Waals surface area contributed by atoms with Crippen LogP contribution in [0.25, 0.3) is 11.5 Å². The summed E-state index contributed by atoms with van der Waals surface area (Å²) in [5.41, 5.74) is 0.368. The third-order valence-corrected chi connectivity index (χ3v) is 4.04. The highest BCUT2D eigenvalue weighted by molar-refractivity contribution is 7.08. The molecule has 1 aliphatic rings. The standard InChI is InChI=1S/C13H17N3O2S/c1-13(17)4-2-5-16(9-13)7-11-14-12(18-15-11)10-3-6-19-8-10/h3,6,8,17H,2,4-5,7,9H2,1H3. The molecule has 2 aromatic rings. The van der Waals surface area contributed by atoms with Crippen LogP contribution in [0.2, 0.25) is 0 Å². The maximum absolute atomic E-state index is 10.1. The van der Waals surface area contributed by atoms with Crippen molar-refractivity contribution in [2.45, 2.75) is 31.9 Å². The quantitative estimate of drug-likeness (QED) is 0.932. The summed E-state index contributed by atoms with van der Waals surface area (Å²) in [4.78, 5) is 6.57. The van der Waals surface area contributed by atoms with Gasteiger partial charge in [-0.3, -0.25) is 4.90 Å². The van der Waals surface area contributed by atoms with Gasteiger partial charge in [0.1, 0.15) is 0 Å². The van der Waals surface area contributed by atoms with Gasteiger partial charge in [-0.25, -0.2) is 0 Å². The zero-order chi connectivity index (χ0) is 13.3. The van der Waals surface area contributed by atoms with Crippen molar-refractivity contribution >= 4 is 11.3 Å². The Balaban J connectivity index is 1.67. The third-order valence-electron chi connectivity index (χ3n) is 3.36. The molecule has 1 N–H and O–H groups in total. The first-order valence-corrected chi connectivity index (χ1v) is 7.37. The van der Waals surface area contributed by atoms with Crippen molar-refractivity contribution in [1.29, 1.82) is 0 Å². The Bertz CT molecular complexity index is 536. The summed E-state index contributed by atoms with van der Waals surface area (Å²) in [5.74, 6) is 1.25. The van der Waals surface area contributed by atoms with Crippen molar-refractivity contribution in [2.75, 3.05) is 13.1 Å². The van der Waals surface area contributed by atoms with Gasteiger partial charge in [0.2, 0.25) is 0 Å². The fraction of sp³-hybridized carbons (Fsp3) is 0.538. The molecule has 6 heteroatoms. The highest BCUT2D eigenvalue weighted by atomic mass is 32.1. The van der Waals surface area contributed by atoms with E-state index >= 15 is 0 Å². The Labute approximate surface area is 115 Å². The second-order valence-corrected chi connectivity index (χ2v) is 6.12. The Kier molecular flexibility index (Phi) is 3.38. The smallest absolute Gasteiger partial charge is 0.258 e. The van der Waals surface area contributed by atoms with Gasteiger partial charge in [0.25, 0.3) is 5.89 Å². The summed E-state index contributed by atoms with van der Waals surface area (Å²) < 4.78 is 5.26. The minimum absolute atomic E-state index is 0.569. The summed E-state index contributed by atoms with van der Waals surface area (Å²) in [6.45, 7) is 4.14.